The molecule has 1 aliphatic rings. The minimum Gasteiger partial charge on any atom is -0.760 e. The van der Waals surface area contributed by atoms with Crippen molar-refractivity contribution in [2.75, 3.05) is 13.6 Å². The molecule has 1 aromatic carbocycles. The van der Waals surface area contributed by atoms with Crippen molar-refractivity contribution in [3.63, 3.8) is 0 Å². The number of carbonyl (C=O) groups is 2. The highest BCUT2D eigenvalue weighted by atomic mass is 32.2. The van der Waals surface area contributed by atoms with Crippen LogP contribution in [-0.4, -0.2) is 54.1 Å². The van der Waals surface area contributed by atoms with E-state index >= 15 is 0 Å². The van der Waals surface area contributed by atoms with Crippen molar-refractivity contribution in [1.82, 2.24) is 24.5 Å². The Morgan fingerprint density at radius 2 is 1.87 bits per heavy atom. The first kappa shape index (κ1) is 22.1. The summed E-state index contributed by atoms with van der Waals surface area (Å²) in [7, 11) is 1.51. The Kier molecular flexibility index (Phi) is 6.39. The lowest BCUT2D eigenvalue weighted by atomic mass is 9.86. The number of hydrogen-bond acceptors (Lipinski definition) is 5. The molecule has 1 aromatic heterocycles. The highest BCUT2D eigenvalue weighted by Gasteiger charge is 2.35. The summed E-state index contributed by atoms with van der Waals surface area (Å²) in [5, 5.41) is 5.36. The fourth-order valence-corrected chi connectivity index (χ4v) is 3.94. The lowest BCUT2D eigenvalue weighted by molar-refractivity contribution is -0.124. The first-order valence-electron chi connectivity index (χ1n) is 9.65. The molecule has 2 aromatic rings. The molecule has 162 valence electrons. The summed E-state index contributed by atoms with van der Waals surface area (Å²) >= 11 is -2.40. The van der Waals surface area contributed by atoms with Crippen LogP contribution in [0.5, 0.6) is 0 Å². The number of fused-ring (bicyclic) bond motifs is 1. The smallest absolute Gasteiger partial charge is 0.272 e. The van der Waals surface area contributed by atoms with Gasteiger partial charge in [0.05, 0.1) is 12.2 Å². The number of benzene rings is 1. The highest BCUT2D eigenvalue weighted by molar-refractivity contribution is 7.76. The molecule has 0 saturated carbocycles. The molecule has 1 unspecified atom stereocenters. The van der Waals surface area contributed by atoms with Crippen LogP contribution in [-0.2, 0) is 29.2 Å². The third-order valence-electron chi connectivity index (χ3n) is 5.08. The van der Waals surface area contributed by atoms with Gasteiger partial charge in [0, 0.05) is 37.0 Å². The van der Waals surface area contributed by atoms with Gasteiger partial charge in [0.15, 0.2) is 5.69 Å². The van der Waals surface area contributed by atoms with Crippen molar-refractivity contribution in [3.05, 3.63) is 41.7 Å². The number of hydrogen-bond donors (Lipinski definition) is 2. The van der Waals surface area contributed by atoms with Crippen molar-refractivity contribution < 1.29 is 18.4 Å². The van der Waals surface area contributed by atoms with Gasteiger partial charge in [0.25, 0.3) is 5.91 Å². The molecule has 0 bridgehead atoms. The molecule has 30 heavy (non-hydrogen) atoms. The maximum atomic E-state index is 13.2. The standard InChI is InChI=1S/C20H27N5O4S/c1-20(2,3)16(19(27)21-4)23-18(26)15-14-12-24(30(28)29)10-11-25(14)17(22-15)13-8-6-5-7-9-13/h5-9,16H,10-12H2,1-4H3,(H,21,27)(H,23,26)(H,28,29)/p-1/t16-/m1/s1. The van der Waals surface area contributed by atoms with Crippen molar-refractivity contribution in [2.24, 2.45) is 5.41 Å². The molecule has 2 amide bonds. The van der Waals surface area contributed by atoms with Crippen LogP contribution in [0.25, 0.3) is 11.4 Å². The summed E-state index contributed by atoms with van der Waals surface area (Å²) in [6.45, 7) is 6.28. The van der Waals surface area contributed by atoms with Gasteiger partial charge in [-0.05, 0) is 5.41 Å². The Morgan fingerprint density at radius 3 is 2.43 bits per heavy atom. The van der Waals surface area contributed by atoms with E-state index in [2.05, 4.69) is 15.6 Å². The van der Waals surface area contributed by atoms with Gasteiger partial charge in [-0.3, -0.25) is 13.8 Å². The molecule has 0 aliphatic carbocycles. The molecular formula is C20H26N5O4S-. The van der Waals surface area contributed by atoms with Crippen molar-refractivity contribution in [3.8, 4) is 11.4 Å². The first-order valence-corrected chi connectivity index (χ1v) is 10.7. The van der Waals surface area contributed by atoms with E-state index in [0.29, 0.717) is 24.6 Å². The normalized spacial score (nSPS) is 16.4. The predicted molar refractivity (Wildman–Crippen MR) is 112 cm³/mol. The SMILES string of the molecule is CNC(=O)[C@@H](NC(=O)c1nc(-c2ccccc2)n2c1CN(S(=O)[O-])CC2)C(C)(C)C. The topological polar surface area (TPSA) is 119 Å². The van der Waals surface area contributed by atoms with E-state index in [-0.39, 0.29) is 18.1 Å². The molecule has 10 heteroatoms. The van der Waals surface area contributed by atoms with Gasteiger partial charge >= 0.3 is 0 Å². The third kappa shape index (κ3) is 4.45. The zero-order chi connectivity index (χ0) is 22.1. The molecule has 1 aliphatic heterocycles. The number of amides is 2. The predicted octanol–water partition coefficient (Wildman–Crippen LogP) is 1.05. The van der Waals surface area contributed by atoms with Gasteiger partial charge in [0.1, 0.15) is 11.9 Å². The lowest BCUT2D eigenvalue weighted by Gasteiger charge is -2.31. The number of nitrogens with one attached hydrogen (secondary N) is 2. The molecule has 9 nitrogen and oxygen atoms in total. The minimum absolute atomic E-state index is 0.0405. The zero-order valence-corrected chi connectivity index (χ0v) is 18.3. The van der Waals surface area contributed by atoms with Gasteiger partial charge in [-0.2, -0.15) is 0 Å². The second-order valence-electron chi connectivity index (χ2n) is 8.22. The molecule has 0 radical (unpaired) electrons. The van der Waals surface area contributed by atoms with Gasteiger partial charge in [-0.1, -0.05) is 51.1 Å². The van der Waals surface area contributed by atoms with Crippen molar-refractivity contribution in [1.29, 1.82) is 0 Å². The highest BCUT2D eigenvalue weighted by Crippen LogP contribution is 2.27. The van der Waals surface area contributed by atoms with E-state index < -0.39 is 28.6 Å². The molecule has 0 spiro atoms. The summed E-state index contributed by atoms with van der Waals surface area (Å²) in [4.78, 5) is 30.1. The monoisotopic (exact) mass is 432 g/mol. The van der Waals surface area contributed by atoms with Crippen LogP contribution in [0.3, 0.4) is 0 Å². The Hall–Kier alpha value is -2.56. The Labute approximate surface area is 178 Å². The maximum absolute atomic E-state index is 13.2. The Balaban J connectivity index is 2.03. The van der Waals surface area contributed by atoms with Crippen molar-refractivity contribution >= 4 is 23.1 Å². The molecule has 2 heterocycles. The zero-order valence-electron chi connectivity index (χ0n) is 17.5. The van der Waals surface area contributed by atoms with E-state index in [9.17, 15) is 18.4 Å². The second-order valence-corrected chi connectivity index (χ2v) is 9.17. The van der Waals surface area contributed by atoms with Gasteiger partial charge < -0.3 is 19.8 Å². The number of aromatic nitrogens is 2. The summed E-state index contributed by atoms with van der Waals surface area (Å²) in [6, 6.07) is 8.63. The van der Waals surface area contributed by atoms with Crippen LogP contribution in [0.1, 0.15) is 37.0 Å². The van der Waals surface area contributed by atoms with E-state index in [1.165, 1.54) is 11.4 Å². The summed E-state index contributed by atoms with van der Waals surface area (Å²) in [5.74, 6) is -0.225. The summed E-state index contributed by atoms with van der Waals surface area (Å²) in [5.41, 5.74) is 0.932. The average Bonchev–Trinajstić information content (AvgIpc) is 3.10. The fourth-order valence-electron chi connectivity index (χ4n) is 3.48. The van der Waals surface area contributed by atoms with Crippen molar-refractivity contribution in [2.45, 2.75) is 39.9 Å². The molecular weight excluding hydrogens is 406 g/mol. The number of rotatable bonds is 5. The van der Waals surface area contributed by atoms with E-state index in [1.54, 1.807) is 0 Å². The molecule has 0 saturated heterocycles. The molecule has 2 atom stereocenters. The van der Waals surface area contributed by atoms with Gasteiger partial charge in [-0.25, -0.2) is 9.29 Å². The lowest BCUT2D eigenvalue weighted by Crippen LogP contribution is -2.53. The van der Waals surface area contributed by atoms with Gasteiger partial charge in [-0.15, -0.1) is 0 Å². The minimum atomic E-state index is -2.40. The van der Waals surface area contributed by atoms with Crippen LogP contribution in [0, 0.1) is 5.41 Å². The summed E-state index contributed by atoms with van der Waals surface area (Å²) < 4.78 is 26.1. The number of carbonyl (C=O) groups excluding carboxylic acids is 2. The van der Waals surface area contributed by atoms with E-state index in [1.807, 2.05) is 55.7 Å². The van der Waals surface area contributed by atoms with Crippen LogP contribution >= 0.6 is 0 Å². The van der Waals surface area contributed by atoms with E-state index in [4.69, 9.17) is 0 Å². The van der Waals surface area contributed by atoms with Gasteiger partial charge in [0.2, 0.25) is 5.91 Å². The average molecular weight is 433 g/mol. The molecule has 3 rings (SSSR count). The van der Waals surface area contributed by atoms with E-state index in [0.717, 1.165) is 5.56 Å². The van der Waals surface area contributed by atoms with Crippen LogP contribution in [0.4, 0.5) is 0 Å². The number of nitrogens with zero attached hydrogens (tertiary/aromatic N) is 3. The summed E-state index contributed by atoms with van der Waals surface area (Å²) in [6.07, 6.45) is 0. The molecule has 2 N–H and O–H groups in total. The van der Waals surface area contributed by atoms with Crippen LogP contribution in [0.15, 0.2) is 30.3 Å². The number of imidazole rings is 1. The second kappa shape index (κ2) is 8.66. The quantitative estimate of drug-likeness (QED) is 0.685. The van der Waals surface area contributed by atoms with Crippen LogP contribution in [0.2, 0.25) is 0 Å². The third-order valence-corrected chi connectivity index (χ3v) is 5.81. The Morgan fingerprint density at radius 1 is 1.20 bits per heavy atom. The first-order chi connectivity index (χ1) is 14.1. The fraction of sp³-hybridized carbons (Fsp3) is 0.450. The Bertz CT molecular complexity index is 968. The molecule has 0 fully saturated rings. The largest absolute Gasteiger partial charge is 0.760 e. The maximum Gasteiger partial charge on any atom is 0.272 e. The number of likely N-dealkylation sites (N-methyl/N-ethyl adjacent to an activating group) is 1. The van der Waals surface area contributed by atoms with Crippen LogP contribution < -0.4 is 10.6 Å².